The number of aliphatic hydroxyl groups is 1. The summed E-state index contributed by atoms with van der Waals surface area (Å²) in [5, 5.41) is 9.80. The normalized spacial score (nSPS) is 38.1. The molecule has 1 spiro atoms. The summed E-state index contributed by atoms with van der Waals surface area (Å²) in [5.74, 6) is -1.99. The van der Waals surface area contributed by atoms with Crippen LogP contribution in [-0.4, -0.2) is 93.6 Å². The van der Waals surface area contributed by atoms with Crippen molar-refractivity contribution in [2.75, 3.05) is 32.8 Å². The van der Waals surface area contributed by atoms with Crippen LogP contribution in [0.1, 0.15) is 52.4 Å². The average molecular weight is 472 g/mol. The Morgan fingerprint density at radius 1 is 0.971 bits per heavy atom. The lowest BCUT2D eigenvalue weighted by Gasteiger charge is -2.40. The summed E-state index contributed by atoms with van der Waals surface area (Å²) in [7, 11) is 0. The van der Waals surface area contributed by atoms with Crippen molar-refractivity contribution in [3.8, 4) is 0 Å². The second kappa shape index (κ2) is 8.79. The number of nitrogens with zero attached hydrogens (tertiary/aromatic N) is 3. The molecule has 0 aromatic heterocycles. The Morgan fingerprint density at radius 3 is 2.41 bits per heavy atom. The highest BCUT2D eigenvalue weighted by atomic mass is 16.5. The average Bonchev–Trinajstić information content (AvgIpc) is 3.08. The van der Waals surface area contributed by atoms with Gasteiger partial charge in [-0.2, -0.15) is 0 Å². The SMILES string of the molecule is CCCN1CC=C[C@]2(C)O[C@]34C=CCN(C5CCCCC5)C(=O)C3N(CCO)C(=O)[C@@H]4[C@@H]2C1=O. The van der Waals surface area contributed by atoms with Crippen molar-refractivity contribution in [1.82, 2.24) is 14.7 Å². The molecule has 8 heteroatoms. The van der Waals surface area contributed by atoms with E-state index in [2.05, 4.69) is 0 Å². The molecule has 0 radical (unpaired) electrons. The van der Waals surface area contributed by atoms with Gasteiger partial charge < -0.3 is 24.5 Å². The summed E-state index contributed by atoms with van der Waals surface area (Å²) in [6, 6.07) is -0.724. The van der Waals surface area contributed by atoms with Crippen LogP contribution in [0.5, 0.6) is 0 Å². The van der Waals surface area contributed by atoms with Crippen molar-refractivity contribution in [1.29, 1.82) is 0 Å². The molecule has 186 valence electrons. The monoisotopic (exact) mass is 471 g/mol. The van der Waals surface area contributed by atoms with Crippen LogP contribution in [0.3, 0.4) is 0 Å². The van der Waals surface area contributed by atoms with Crippen molar-refractivity contribution in [2.45, 2.75) is 75.7 Å². The molecule has 1 unspecified atom stereocenters. The van der Waals surface area contributed by atoms with Crippen LogP contribution >= 0.6 is 0 Å². The molecule has 8 nitrogen and oxygen atoms in total. The molecule has 5 rings (SSSR count). The van der Waals surface area contributed by atoms with Gasteiger partial charge in [0.2, 0.25) is 17.7 Å². The second-order valence-corrected chi connectivity index (χ2v) is 10.6. The van der Waals surface area contributed by atoms with Gasteiger partial charge in [-0.25, -0.2) is 0 Å². The lowest BCUT2D eigenvalue weighted by atomic mass is 9.74. The van der Waals surface area contributed by atoms with Crippen molar-refractivity contribution >= 4 is 17.7 Å². The highest BCUT2D eigenvalue weighted by Gasteiger charge is 2.74. The summed E-state index contributed by atoms with van der Waals surface area (Å²) < 4.78 is 6.77. The molecule has 3 amide bonds. The third-order valence-corrected chi connectivity index (χ3v) is 8.52. The van der Waals surface area contributed by atoms with Crippen LogP contribution in [0.4, 0.5) is 0 Å². The van der Waals surface area contributed by atoms with Gasteiger partial charge >= 0.3 is 0 Å². The van der Waals surface area contributed by atoms with E-state index in [0.717, 1.165) is 32.1 Å². The Kier molecular flexibility index (Phi) is 6.09. The minimum Gasteiger partial charge on any atom is -0.395 e. The van der Waals surface area contributed by atoms with Crippen molar-refractivity contribution in [3.63, 3.8) is 0 Å². The molecule has 1 saturated carbocycles. The van der Waals surface area contributed by atoms with Crippen LogP contribution in [0, 0.1) is 11.8 Å². The number of β-amino-alcohol motifs (C(OH)–C–C–N with tert-alkyl or cyclic N) is 1. The molecule has 1 aliphatic carbocycles. The maximum atomic E-state index is 14.1. The molecular weight excluding hydrogens is 434 g/mol. The van der Waals surface area contributed by atoms with Crippen LogP contribution in [0.15, 0.2) is 24.3 Å². The lowest BCUT2D eigenvalue weighted by Crippen LogP contribution is -2.58. The Morgan fingerprint density at radius 2 is 1.71 bits per heavy atom. The highest BCUT2D eigenvalue weighted by Crippen LogP contribution is 2.57. The van der Waals surface area contributed by atoms with Gasteiger partial charge in [0.15, 0.2) is 0 Å². The smallest absolute Gasteiger partial charge is 0.249 e. The zero-order chi connectivity index (χ0) is 24.1. The zero-order valence-corrected chi connectivity index (χ0v) is 20.3. The van der Waals surface area contributed by atoms with Crippen molar-refractivity contribution in [2.24, 2.45) is 11.8 Å². The maximum Gasteiger partial charge on any atom is 0.249 e. The molecule has 0 bridgehead atoms. The fourth-order valence-corrected chi connectivity index (χ4v) is 7.13. The Labute approximate surface area is 201 Å². The first kappa shape index (κ1) is 23.5. The van der Waals surface area contributed by atoms with E-state index in [-0.39, 0.29) is 36.9 Å². The first-order valence-corrected chi connectivity index (χ1v) is 12.9. The summed E-state index contributed by atoms with van der Waals surface area (Å²) in [6.07, 6.45) is 13.8. The number of fused-ring (bicyclic) bond motifs is 2. The van der Waals surface area contributed by atoms with E-state index in [9.17, 15) is 19.5 Å². The van der Waals surface area contributed by atoms with Gasteiger partial charge in [-0.05, 0) is 26.2 Å². The number of ether oxygens (including phenoxy) is 1. The van der Waals surface area contributed by atoms with Gasteiger partial charge in [-0.15, -0.1) is 0 Å². The largest absolute Gasteiger partial charge is 0.395 e. The predicted octanol–water partition coefficient (Wildman–Crippen LogP) is 1.49. The summed E-state index contributed by atoms with van der Waals surface area (Å²) >= 11 is 0. The van der Waals surface area contributed by atoms with Gasteiger partial charge in [0.25, 0.3) is 0 Å². The molecular formula is C26H37N3O5. The fourth-order valence-electron chi connectivity index (χ4n) is 7.13. The second-order valence-electron chi connectivity index (χ2n) is 10.6. The number of hydrogen-bond acceptors (Lipinski definition) is 5. The molecule has 2 saturated heterocycles. The Bertz CT molecular complexity index is 912. The molecule has 0 aromatic rings. The number of amides is 3. The van der Waals surface area contributed by atoms with E-state index in [1.165, 1.54) is 11.3 Å². The number of carbonyl (C=O) groups is 3. The molecule has 34 heavy (non-hydrogen) atoms. The van der Waals surface area contributed by atoms with E-state index in [4.69, 9.17) is 4.74 Å². The molecule has 0 aromatic carbocycles. The Balaban J connectivity index is 1.59. The molecule has 1 N–H and O–H groups in total. The standard InChI is InChI=1S/C26H37N3O5/c1-3-13-27-14-7-11-25(2)19(22(27)31)20-23(32)29(16-17-30)21-24(33)28(18-9-5-4-6-10-18)15-8-12-26(20,21)34-25/h7-8,11-12,18-21,30H,3-6,9-10,13-17H2,1-2H3/t19-,20+,21?,25+,26+/m1/s1. The van der Waals surface area contributed by atoms with Gasteiger partial charge in [0, 0.05) is 32.2 Å². The third-order valence-electron chi connectivity index (χ3n) is 8.52. The van der Waals surface area contributed by atoms with E-state index in [0.29, 0.717) is 19.6 Å². The minimum absolute atomic E-state index is 0.0509. The van der Waals surface area contributed by atoms with Gasteiger partial charge in [0.1, 0.15) is 11.6 Å². The summed E-state index contributed by atoms with van der Waals surface area (Å²) in [5.41, 5.74) is -2.20. The zero-order valence-electron chi connectivity index (χ0n) is 20.3. The fraction of sp³-hybridized carbons (Fsp3) is 0.731. The number of hydrogen-bond donors (Lipinski definition) is 1. The summed E-state index contributed by atoms with van der Waals surface area (Å²) in [4.78, 5) is 47.1. The van der Waals surface area contributed by atoms with Crippen LogP contribution in [0.2, 0.25) is 0 Å². The number of aliphatic hydroxyl groups excluding tert-OH is 1. The number of rotatable bonds is 5. The highest BCUT2D eigenvalue weighted by molar-refractivity contribution is 6.00. The Hall–Kier alpha value is -2.19. The molecule has 3 fully saturated rings. The quantitative estimate of drug-likeness (QED) is 0.614. The van der Waals surface area contributed by atoms with E-state index in [1.54, 1.807) is 4.90 Å². The van der Waals surface area contributed by atoms with Gasteiger partial charge in [-0.3, -0.25) is 14.4 Å². The van der Waals surface area contributed by atoms with Gasteiger partial charge in [0.05, 0.1) is 24.0 Å². The van der Waals surface area contributed by atoms with Gasteiger partial charge in [-0.1, -0.05) is 50.5 Å². The van der Waals surface area contributed by atoms with Crippen molar-refractivity contribution in [3.05, 3.63) is 24.3 Å². The van der Waals surface area contributed by atoms with E-state index >= 15 is 0 Å². The van der Waals surface area contributed by atoms with Crippen molar-refractivity contribution < 1.29 is 24.2 Å². The van der Waals surface area contributed by atoms with E-state index < -0.39 is 29.1 Å². The first-order chi connectivity index (χ1) is 16.4. The predicted molar refractivity (Wildman–Crippen MR) is 126 cm³/mol. The minimum atomic E-state index is -1.22. The summed E-state index contributed by atoms with van der Waals surface area (Å²) in [6.45, 7) is 5.28. The molecule has 4 aliphatic heterocycles. The van der Waals surface area contributed by atoms with Crippen LogP contribution < -0.4 is 0 Å². The van der Waals surface area contributed by atoms with Crippen LogP contribution in [-0.2, 0) is 19.1 Å². The maximum absolute atomic E-state index is 14.1. The lowest BCUT2D eigenvalue weighted by molar-refractivity contribution is -0.154. The number of carbonyl (C=O) groups excluding carboxylic acids is 3. The van der Waals surface area contributed by atoms with Crippen LogP contribution in [0.25, 0.3) is 0 Å². The molecule has 4 heterocycles. The topological polar surface area (TPSA) is 90.4 Å². The van der Waals surface area contributed by atoms with E-state index in [1.807, 2.05) is 43.1 Å². The first-order valence-electron chi connectivity index (χ1n) is 12.9. The number of likely N-dealkylation sites (tertiary alicyclic amines) is 1. The molecule has 5 aliphatic rings. The molecule has 5 atom stereocenters. The third kappa shape index (κ3) is 3.36.